The van der Waals surface area contributed by atoms with Gasteiger partial charge in [-0.1, -0.05) is 12.1 Å². The quantitative estimate of drug-likeness (QED) is 0.554. The van der Waals surface area contributed by atoms with E-state index in [1.54, 1.807) is 42.5 Å². The molecule has 0 aliphatic carbocycles. The SMILES string of the molecule is COc1ccc(OC)c(NC(=S)NC(=O)CCN2C(=O)c3ccccc3C2=O)c1. The molecule has 0 radical (unpaired) electrons. The molecule has 3 rings (SSSR count). The number of imide groups is 1. The predicted molar refractivity (Wildman–Crippen MR) is 110 cm³/mol. The van der Waals surface area contributed by atoms with Gasteiger partial charge in [0.15, 0.2) is 5.11 Å². The van der Waals surface area contributed by atoms with E-state index in [4.69, 9.17) is 21.7 Å². The third-order valence-electron chi connectivity index (χ3n) is 4.35. The summed E-state index contributed by atoms with van der Waals surface area (Å²) in [4.78, 5) is 37.9. The molecule has 0 aromatic heterocycles. The molecule has 8 nitrogen and oxygen atoms in total. The van der Waals surface area contributed by atoms with Gasteiger partial charge in [0.05, 0.1) is 31.0 Å². The highest BCUT2D eigenvalue weighted by Crippen LogP contribution is 2.28. The number of amides is 3. The number of carbonyl (C=O) groups is 3. The molecule has 0 fully saturated rings. The summed E-state index contributed by atoms with van der Waals surface area (Å²) in [6.07, 6.45) is -0.0808. The van der Waals surface area contributed by atoms with Crippen molar-refractivity contribution in [3.8, 4) is 11.5 Å². The fraction of sp³-hybridized carbons (Fsp3) is 0.200. The molecule has 0 unspecified atom stereocenters. The number of hydrogen-bond acceptors (Lipinski definition) is 6. The van der Waals surface area contributed by atoms with Crippen molar-refractivity contribution < 1.29 is 23.9 Å². The van der Waals surface area contributed by atoms with E-state index in [0.717, 1.165) is 4.90 Å². The third kappa shape index (κ3) is 4.35. The van der Waals surface area contributed by atoms with E-state index in [0.29, 0.717) is 28.3 Å². The van der Waals surface area contributed by atoms with Gasteiger partial charge in [-0.15, -0.1) is 0 Å². The number of methoxy groups -OCH3 is 2. The first-order valence-corrected chi connectivity index (χ1v) is 9.13. The molecule has 2 aromatic rings. The van der Waals surface area contributed by atoms with Gasteiger partial charge in [0.1, 0.15) is 11.5 Å². The fourth-order valence-corrected chi connectivity index (χ4v) is 3.13. The molecule has 150 valence electrons. The summed E-state index contributed by atoms with van der Waals surface area (Å²) in [5.74, 6) is -0.122. The van der Waals surface area contributed by atoms with Gasteiger partial charge in [0, 0.05) is 19.0 Å². The topological polar surface area (TPSA) is 97.0 Å². The number of anilines is 1. The molecule has 3 amide bonds. The van der Waals surface area contributed by atoms with E-state index in [-0.39, 0.29) is 18.1 Å². The van der Waals surface area contributed by atoms with Crippen LogP contribution >= 0.6 is 12.2 Å². The number of carbonyl (C=O) groups excluding carboxylic acids is 3. The summed E-state index contributed by atoms with van der Waals surface area (Å²) in [6, 6.07) is 11.7. The number of nitrogens with zero attached hydrogens (tertiary/aromatic N) is 1. The Hall–Kier alpha value is -3.46. The maximum Gasteiger partial charge on any atom is 0.261 e. The first kappa shape index (κ1) is 20.3. The lowest BCUT2D eigenvalue weighted by atomic mass is 10.1. The molecular weight excluding hydrogens is 394 g/mol. The van der Waals surface area contributed by atoms with Gasteiger partial charge in [0.2, 0.25) is 5.91 Å². The second kappa shape index (κ2) is 8.70. The van der Waals surface area contributed by atoms with Crippen LogP contribution in [0.3, 0.4) is 0 Å². The average molecular weight is 413 g/mol. The summed E-state index contributed by atoms with van der Waals surface area (Å²) in [7, 11) is 3.04. The van der Waals surface area contributed by atoms with Crippen molar-refractivity contribution in [1.82, 2.24) is 10.2 Å². The zero-order chi connectivity index (χ0) is 21.0. The highest BCUT2D eigenvalue weighted by molar-refractivity contribution is 7.80. The van der Waals surface area contributed by atoms with Crippen LogP contribution in [0.5, 0.6) is 11.5 Å². The molecule has 0 saturated carbocycles. The lowest BCUT2D eigenvalue weighted by Crippen LogP contribution is -2.38. The van der Waals surface area contributed by atoms with Crippen LogP contribution in [-0.4, -0.2) is 48.5 Å². The Kier molecular flexibility index (Phi) is 6.08. The Balaban J connectivity index is 1.56. The number of hydrogen-bond donors (Lipinski definition) is 2. The first-order chi connectivity index (χ1) is 13.9. The summed E-state index contributed by atoms with van der Waals surface area (Å²) in [5, 5.41) is 5.46. The zero-order valence-corrected chi connectivity index (χ0v) is 16.7. The summed E-state index contributed by atoms with van der Waals surface area (Å²) in [6.45, 7) is -0.0384. The van der Waals surface area contributed by atoms with Crippen LogP contribution in [0.15, 0.2) is 42.5 Å². The third-order valence-corrected chi connectivity index (χ3v) is 4.55. The molecule has 1 heterocycles. The van der Waals surface area contributed by atoms with Crippen LogP contribution in [0, 0.1) is 0 Å². The number of nitrogens with one attached hydrogen (secondary N) is 2. The number of benzene rings is 2. The smallest absolute Gasteiger partial charge is 0.261 e. The van der Waals surface area contributed by atoms with Gasteiger partial charge in [-0.05, 0) is 36.5 Å². The van der Waals surface area contributed by atoms with Crippen molar-refractivity contribution in [2.24, 2.45) is 0 Å². The van der Waals surface area contributed by atoms with E-state index in [1.807, 2.05) is 0 Å². The lowest BCUT2D eigenvalue weighted by Gasteiger charge is -2.15. The minimum Gasteiger partial charge on any atom is -0.497 e. The number of thiocarbonyl (C=S) groups is 1. The molecule has 1 aliphatic heterocycles. The second-order valence-electron chi connectivity index (χ2n) is 6.13. The van der Waals surface area contributed by atoms with Gasteiger partial charge in [-0.2, -0.15) is 0 Å². The Morgan fingerprint density at radius 3 is 2.28 bits per heavy atom. The van der Waals surface area contributed by atoms with Crippen molar-refractivity contribution >= 4 is 40.7 Å². The molecule has 0 atom stereocenters. The van der Waals surface area contributed by atoms with Crippen molar-refractivity contribution in [2.75, 3.05) is 26.1 Å². The summed E-state index contributed by atoms with van der Waals surface area (Å²) >= 11 is 5.16. The maximum absolute atomic E-state index is 12.3. The number of fused-ring (bicyclic) bond motifs is 1. The largest absolute Gasteiger partial charge is 0.497 e. The summed E-state index contributed by atoms with van der Waals surface area (Å²) in [5.41, 5.74) is 1.22. The van der Waals surface area contributed by atoms with Gasteiger partial charge >= 0.3 is 0 Å². The van der Waals surface area contributed by atoms with Gasteiger partial charge in [0.25, 0.3) is 11.8 Å². The van der Waals surface area contributed by atoms with Crippen molar-refractivity contribution in [1.29, 1.82) is 0 Å². The molecule has 29 heavy (non-hydrogen) atoms. The summed E-state index contributed by atoms with van der Waals surface area (Å²) < 4.78 is 10.4. The Morgan fingerprint density at radius 2 is 1.69 bits per heavy atom. The average Bonchev–Trinajstić information content (AvgIpc) is 2.96. The van der Waals surface area contributed by atoms with E-state index in [1.165, 1.54) is 14.2 Å². The Labute approximate surface area is 172 Å². The minimum atomic E-state index is -0.430. The lowest BCUT2D eigenvalue weighted by molar-refractivity contribution is -0.119. The van der Waals surface area contributed by atoms with Crippen molar-refractivity contribution in [3.05, 3.63) is 53.6 Å². The fourth-order valence-electron chi connectivity index (χ4n) is 2.91. The molecule has 2 aromatic carbocycles. The van der Waals surface area contributed by atoms with Crippen LogP contribution in [0.2, 0.25) is 0 Å². The minimum absolute atomic E-state index is 0.0384. The maximum atomic E-state index is 12.3. The van der Waals surface area contributed by atoms with Crippen LogP contribution in [0.1, 0.15) is 27.1 Å². The van der Waals surface area contributed by atoms with Crippen molar-refractivity contribution in [3.63, 3.8) is 0 Å². The number of rotatable bonds is 6. The molecule has 9 heteroatoms. The van der Waals surface area contributed by atoms with Crippen LogP contribution < -0.4 is 20.1 Å². The highest BCUT2D eigenvalue weighted by Gasteiger charge is 2.34. The van der Waals surface area contributed by atoms with Crippen LogP contribution in [-0.2, 0) is 4.79 Å². The number of ether oxygens (including phenoxy) is 2. The molecule has 0 spiro atoms. The van der Waals surface area contributed by atoms with Crippen LogP contribution in [0.4, 0.5) is 5.69 Å². The van der Waals surface area contributed by atoms with E-state index in [9.17, 15) is 14.4 Å². The van der Waals surface area contributed by atoms with Gasteiger partial charge in [-0.25, -0.2) is 0 Å². The van der Waals surface area contributed by atoms with Crippen molar-refractivity contribution in [2.45, 2.75) is 6.42 Å². The van der Waals surface area contributed by atoms with Gasteiger partial charge in [-0.3, -0.25) is 19.3 Å². The van der Waals surface area contributed by atoms with E-state index < -0.39 is 17.7 Å². The molecular formula is C20H19N3O5S. The second-order valence-corrected chi connectivity index (χ2v) is 6.53. The predicted octanol–water partition coefficient (Wildman–Crippen LogP) is 2.20. The van der Waals surface area contributed by atoms with E-state index in [2.05, 4.69) is 10.6 Å². The standard InChI is InChI=1S/C20H19N3O5S/c1-27-12-7-8-16(28-2)15(11-12)21-20(29)22-17(24)9-10-23-18(25)13-5-3-4-6-14(13)19(23)26/h3-8,11H,9-10H2,1-2H3,(H2,21,22,24,29). The van der Waals surface area contributed by atoms with E-state index >= 15 is 0 Å². The molecule has 0 saturated heterocycles. The van der Waals surface area contributed by atoms with Crippen LogP contribution in [0.25, 0.3) is 0 Å². The Bertz CT molecular complexity index is 957. The zero-order valence-electron chi connectivity index (χ0n) is 15.9. The first-order valence-electron chi connectivity index (χ1n) is 8.72. The monoisotopic (exact) mass is 413 g/mol. The highest BCUT2D eigenvalue weighted by atomic mass is 32.1. The Morgan fingerprint density at radius 1 is 1.03 bits per heavy atom. The molecule has 0 bridgehead atoms. The molecule has 2 N–H and O–H groups in total. The normalized spacial score (nSPS) is 12.4. The van der Waals surface area contributed by atoms with Gasteiger partial charge < -0.3 is 20.1 Å². The molecule has 1 aliphatic rings.